The van der Waals surface area contributed by atoms with Crippen LogP contribution in [0.4, 0.5) is 5.69 Å². The largest absolute Gasteiger partial charge is 0.506 e. The van der Waals surface area contributed by atoms with Crippen molar-refractivity contribution in [2.75, 3.05) is 25.0 Å². The van der Waals surface area contributed by atoms with Crippen LogP contribution in [0.25, 0.3) is 0 Å². The van der Waals surface area contributed by atoms with Gasteiger partial charge in [-0.2, -0.15) is 0 Å². The number of hydrogen-bond donors (Lipinski definition) is 2. The minimum Gasteiger partial charge on any atom is -0.506 e. The number of hydrogen-bond acceptors (Lipinski definition) is 4. The van der Waals surface area contributed by atoms with Crippen molar-refractivity contribution in [1.29, 1.82) is 0 Å². The second-order valence-corrected chi connectivity index (χ2v) is 5.94. The minimum absolute atomic E-state index is 0.127. The zero-order chi connectivity index (χ0) is 12.5. The molecule has 0 bridgehead atoms. The number of rotatable bonds is 3. The summed E-state index contributed by atoms with van der Waals surface area (Å²) in [7, 11) is -2.08. The molecule has 94 valence electrons. The van der Waals surface area contributed by atoms with Crippen molar-refractivity contribution < 1.29 is 13.5 Å². The van der Waals surface area contributed by atoms with Crippen molar-refractivity contribution in [2.45, 2.75) is 17.7 Å². The van der Waals surface area contributed by atoms with Crippen LogP contribution in [0.5, 0.6) is 5.75 Å². The summed E-state index contributed by atoms with van der Waals surface area (Å²) in [6.07, 6.45) is 2.14. The molecule has 2 N–H and O–H groups in total. The number of benzene rings is 1. The van der Waals surface area contributed by atoms with E-state index < -0.39 is 10.0 Å². The van der Waals surface area contributed by atoms with Crippen molar-refractivity contribution in [2.24, 2.45) is 0 Å². The van der Waals surface area contributed by atoms with Gasteiger partial charge in [0.05, 0.1) is 10.6 Å². The lowest BCUT2D eigenvalue weighted by Crippen LogP contribution is -2.21. The van der Waals surface area contributed by atoms with Gasteiger partial charge in [-0.15, -0.1) is 0 Å². The van der Waals surface area contributed by atoms with Gasteiger partial charge in [0.25, 0.3) is 0 Å². The Kier molecular flexibility index (Phi) is 3.26. The van der Waals surface area contributed by atoms with Crippen molar-refractivity contribution in [1.82, 2.24) is 4.72 Å². The molecule has 5 nitrogen and oxygen atoms in total. The van der Waals surface area contributed by atoms with Gasteiger partial charge < -0.3 is 10.0 Å². The Morgan fingerprint density at radius 1 is 1.29 bits per heavy atom. The number of nitrogens with one attached hydrogen (secondary N) is 1. The molecule has 1 aliphatic rings. The van der Waals surface area contributed by atoms with E-state index in [1.165, 1.54) is 25.2 Å². The van der Waals surface area contributed by atoms with Gasteiger partial charge in [0.2, 0.25) is 10.0 Å². The minimum atomic E-state index is -3.45. The number of phenols is 1. The fourth-order valence-electron chi connectivity index (χ4n) is 2.00. The molecule has 0 unspecified atom stereocenters. The van der Waals surface area contributed by atoms with Crippen molar-refractivity contribution in [3.05, 3.63) is 18.2 Å². The summed E-state index contributed by atoms with van der Waals surface area (Å²) in [6.45, 7) is 1.72. The Labute approximate surface area is 101 Å². The predicted octanol–water partition coefficient (Wildman–Crippen LogP) is 0.900. The van der Waals surface area contributed by atoms with E-state index in [0.29, 0.717) is 5.69 Å². The summed E-state index contributed by atoms with van der Waals surface area (Å²) >= 11 is 0. The molecule has 1 aromatic rings. The van der Waals surface area contributed by atoms with E-state index in [4.69, 9.17) is 0 Å². The van der Waals surface area contributed by atoms with Gasteiger partial charge in [-0.3, -0.25) is 0 Å². The molecule has 0 aliphatic carbocycles. The van der Waals surface area contributed by atoms with E-state index in [0.717, 1.165) is 25.9 Å². The average Bonchev–Trinajstić information content (AvgIpc) is 2.83. The van der Waals surface area contributed by atoms with Gasteiger partial charge in [-0.25, -0.2) is 13.1 Å². The summed E-state index contributed by atoms with van der Waals surface area (Å²) in [4.78, 5) is 2.18. The summed E-state index contributed by atoms with van der Waals surface area (Å²) in [5, 5.41) is 9.78. The third-order valence-corrected chi connectivity index (χ3v) is 4.38. The number of aromatic hydroxyl groups is 1. The van der Waals surface area contributed by atoms with Crippen LogP contribution >= 0.6 is 0 Å². The fraction of sp³-hybridized carbons (Fsp3) is 0.455. The highest BCUT2D eigenvalue weighted by atomic mass is 32.2. The maximum absolute atomic E-state index is 11.7. The molecule has 0 amide bonds. The molecular weight excluding hydrogens is 240 g/mol. The van der Waals surface area contributed by atoms with Gasteiger partial charge in [0.1, 0.15) is 5.75 Å². The molecule has 0 aromatic heterocycles. The number of nitrogens with zero attached hydrogens (tertiary/aromatic N) is 1. The first-order chi connectivity index (χ1) is 8.04. The van der Waals surface area contributed by atoms with E-state index in [1.807, 2.05) is 4.90 Å². The van der Waals surface area contributed by atoms with Gasteiger partial charge in [-0.05, 0) is 38.1 Å². The second kappa shape index (κ2) is 4.54. The van der Waals surface area contributed by atoms with Gasteiger partial charge in [0.15, 0.2) is 0 Å². The molecule has 17 heavy (non-hydrogen) atoms. The topological polar surface area (TPSA) is 69.6 Å². The lowest BCUT2D eigenvalue weighted by molar-refractivity contribution is 0.474. The number of anilines is 1. The average molecular weight is 256 g/mol. The normalized spacial score (nSPS) is 16.4. The number of sulfonamides is 1. The lowest BCUT2D eigenvalue weighted by atomic mass is 10.2. The lowest BCUT2D eigenvalue weighted by Gasteiger charge is -2.19. The summed E-state index contributed by atoms with van der Waals surface area (Å²) in [5.41, 5.74) is 0.596. The molecule has 1 aromatic carbocycles. The highest BCUT2D eigenvalue weighted by Gasteiger charge is 2.19. The van der Waals surface area contributed by atoms with Crippen LogP contribution in [0.1, 0.15) is 12.8 Å². The van der Waals surface area contributed by atoms with Crippen LogP contribution in [0, 0.1) is 0 Å². The van der Waals surface area contributed by atoms with E-state index in [2.05, 4.69) is 4.72 Å². The first-order valence-corrected chi connectivity index (χ1v) is 7.04. The molecule has 0 spiro atoms. The molecule has 0 radical (unpaired) electrons. The Bertz CT molecular complexity index is 507. The Morgan fingerprint density at radius 2 is 1.94 bits per heavy atom. The monoisotopic (exact) mass is 256 g/mol. The zero-order valence-corrected chi connectivity index (χ0v) is 10.5. The maximum Gasteiger partial charge on any atom is 0.240 e. The van der Waals surface area contributed by atoms with Gasteiger partial charge in [0, 0.05) is 13.1 Å². The first-order valence-electron chi connectivity index (χ1n) is 5.56. The molecule has 0 saturated carbocycles. The van der Waals surface area contributed by atoms with Crippen LogP contribution in [0.2, 0.25) is 0 Å². The highest BCUT2D eigenvalue weighted by molar-refractivity contribution is 7.89. The second-order valence-electron chi connectivity index (χ2n) is 4.05. The molecule has 0 atom stereocenters. The van der Waals surface area contributed by atoms with E-state index >= 15 is 0 Å². The smallest absolute Gasteiger partial charge is 0.240 e. The van der Waals surface area contributed by atoms with Crippen LogP contribution in [0.15, 0.2) is 23.1 Å². The Hall–Kier alpha value is -1.27. The van der Waals surface area contributed by atoms with Crippen LogP contribution in [-0.2, 0) is 10.0 Å². The van der Waals surface area contributed by atoms with Crippen molar-refractivity contribution in [3.8, 4) is 5.75 Å². The fourth-order valence-corrected chi connectivity index (χ4v) is 2.75. The van der Waals surface area contributed by atoms with E-state index in [1.54, 1.807) is 0 Å². The van der Waals surface area contributed by atoms with Gasteiger partial charge in [-0.1, -0.05) is 0 Å². The quantitative estimate of drug-likeness (QED) is 0.843. The van der Waals surface area contributed by atoms with Crippen molar-refractivity contribution in [3.63, 3.8) is 0 Å². The molecule has 1 fully saturated rings. The third kappa shape index (κ3) is 2.37. The standard InChI is InChI=1S/C11H16N2O3S/c1-12-17(15,16)9-4-5-11(14)10(8-9)13-6-2-3-7-13/h4-5,8,12,14H,2-3,6-7H2,1H3. The Balaban J connectivity index is 2.42. The van der Waals surface area contributed by atoms with Gasteiger partial charge >= 0.3 is 0 Å². The van der Waals surface area contributed by atoms with E-state index in [9.17, 15) is 13.5 Å². The van der Waals surface area contributed by atoms with Crippen LogP contribution in [0.3, 0.4) is 0 Å². The molecule has 1 aliphatic heterocycles. The summed E-state index contributed by atoms with van der Waals surface area (Å²) < 4.78 is 25.6. The predicted molar refractivity (Wildman–Crippen MR) is 65.8 cm³/mol. The molecule has 2 rings (SSSR count). The van der Waals surface area contributed by atoms with E-state index in [-0.39, 0.29) is 10.6 Å². The Morgan fingerprint density at radius 3 is 2.53 bits per heavy atom. The molecular formula is C11H16N2O3S. The molecule has 1 saturated heterocycles. The first kappa shape index (κ1) is 12.2. The molecule has 6 heteroatoms. The third-order valence-electron chi connectivity index (χ3n) is 2.97. The molecule has 1 heterocycles. The van der Waals surface area contributed by atoms with Crippen LogP contribution < -0.4 is 9.62 Å². The summed E-state index contributed by atoms with van der Waals surface area (Å²) in [5.74, 6) is 0.127. The SMILES string of the molecule is CNS(=O)(=O)c1ccc(O)c(N2CCCC2)c1. The number of phenolic OH excluding ortho intramolecular Hbond substituents is 1. The highest BCUT2D eigenvalue weighted by Crippen LogP contribution is 2.32. The van der Waals surface area contributed by atoms with Crippen LogP contribution in [-0.4, -0.2) is 33.7 Å². The maximum atomic E-state index is 11.7. The van der Waals surface area contributed by atoms with Crippen molar-refractivity contribution >= 4 is 15.7 Å². The zero-order valence-electron chi connectivity index (χ0n) is 9.68. The summed E-state index contributed by atoms with van der Waals surface area (Å²) in [6, 6.07) is 4.35.